The van der Waals surface area contributed by atoms with Gasteiger partial charge in [0, 0.05) is 55.0 Å². The van der Waals surface area contributed by atoms with Crippen LogP contribution in [0.15, 0.2) is 66.7 Å². The highest BCUT2D eigenvalue weighted by Gasteiger charge is 2.57. The first-order chi connectivity index (χ1) is 27.0. The van der Waals surface area contributed by atoms with Gasteiger partial charge in [0.2, 0.25) is 5.91 Å². The molecule has 7 rings (SSSR count). The second kappa shape index (κ2) is 17.4. The number of nitrogens with zero attached hydrogens (tertiary/aromatic N) is 3. The minimum absolute atomic E-state index is 0.0203. The van der Waals surface area contributed by atoms with E-state index in [0.29, 0.717) is 41.2 Å². The molecule has 3 saturated carbocycles. The molecule has 3 aromatic rings. The Morgan fingerprint density at radius 2 is 1.74 bits per heavy atom. The number of para-hydroxylation sites is 1. The molecule has 10 atom stereocenters. The van der Waals surface area contributed by atoms with Crippen molar-refractivity contribution in [1.82, 2.24) is 20.6 Å². The molecule has 310 valence electrons. The van der Waals surface area contributed by atoms with Crippen molar-refractivity contribution in [1.29, 1.82) is 0 Å². The minimum Gasteiger partial charge on any atom is -0.496 e. The molecule has 4 aliphatic rings. The first-order valence-corrected chi connectivity index (χ1v) is 20.3. The van der Waals surface area contributed by atoms with Crippen molar-refractivity contribution in [2.24, 2.45) is 29.1 Å². The molecule has 12 heteroatoms. The summed E-state index contributed by atoms with van der Waals surface area (Å²) in [7, 11) is 9.21. The number of methoxy groups -OCH3 is 1. The van der Waals surface area contributed by atoms with Crippen molar-refractivity contribution < 1.29 is 34.5 Å². The third-order valence-electron chi connectivity index (χ3n) is 13.1. The number of likely N-dealkylation sites (N-methyl/N-ethyl adjacent to an activating group) is 1. The Morgan fingerprint density at radius 3 is 2.33 bits per heavy atom. The van der Waals surface area contributed by atoms with Crippen LogP contribution in [0.4, 0.5) is 5.69 Å². The molecule has 0 spiro atoms. The fourth-order valence-corrected chi connectivity index (χ4v) is 9.74. The lowest BCUT2D eigenvalue weighted by atomic mass is 9.45. The lowest BCUT2D eigenvalue weighted by Crippen LogP contribution is -2.62. The lowest BCUT2D eigenvalue weighted by Gasteiger charge is -2.62. The van der Waals surface area contributed by atoms with Gasteiger partial charge in [0.1, 0.15) is 24.0 Å². The molecule has 0 unspecified atom stereocenters. The van der Waals surface area contributed by atoms with E-state index in [1.807, 2.05) is 105 Å². The van der Waals surface area contributed by atoms with Crippen molar-refractivity contribution in [3.8, 4) is 16.9 Å². The predicted octanol–water partition coefficient (Wildman–Crippen LogP) is 4.48. The summed E-state index contributed by atoms with van der Waals surface area (Å²) >= 11 is 0. The van der Waals surface area contributed by atoms with Gasteiger partial charge in [-0.25, -0.2) is 0 Å². The van der Waals surface area contributed by atoms with Gasteiger partial charge < -0.3 is 40.5 Å². The highest BCUT2D eigenvalue weighted by atomic mass is 16.7. The number of aliphatic hydroxyl groups is 3. The summed E-state index contributed by atoms with van der Waals surface area (Å²) in [5.41, 5.74) is 4.37. The summed E-state index contributed by atoms with van der Waals surface area (Å²) in [6.45, 7) is 8.72. The van der Waals surface area contributed by atoms with Gasteiger partial charge in [0.15, 0.2) is 0 Å². The third-order valence-corrected chi connectivity index (χ3v) is 13.1. The number of benzene rings is 3. The smallest absolute Gasteiger partial charge is 0.251 e. The van der Waals surface area contributed by atoms with E-state index in [2.05, 4.69) is 31.4 Å². The Balaban J connectivity index is 1.29. The average Bonchev–Trinajstić information content (AvgIpc) is 3.56. The van der Waals surface area contributed by atoms with Crippen molar-refractivity contribution in [3.05, 3.63) is 83.4 Å². The first kappa shape index (κ1) is 42.6. The van der Waals surface area contributed by atoms with E-state index in [-0.39, 0.29) is 36.4 Å². The van der Waals surface area contributed by atoms with E-state index in [4.69, 9.17) is 9.57 Å². The number of fused-ring (bicyclic) bond motifs is 2. The summed E-state index contributed by atoms with van der Waals surface area (Å²) in [6.07, 6.45) is -0.515. The zero-order chi connectivity index (χ0) is 41.3. The summed E-state index contributed by atoms with van der Waals surface area (Å²) in [5.74, 6) is 0.742. The molecule has 1 saturated heterocycles. The molecule has 57 heavy (non-hydrogen) atoms. The van der Waals surface area contributed by atoms with Gasteiger partial charge in [-0.1, -0.05) is 69.3 Å². The van der Waals surface area contributed by atoms with Gasteiger partial charge in [-0.05, 0) is 86.4 Å². The van der Waals surface area contributed by atoms with Crippen molar-refractivity contribution in [2.75, 3.05) is 53.4 Å². The normalized spacial score (nSPS) is 26.9. The van der Waals surface area contributed by atoms with Crippen LogP contribution in [0.3, 0.4) is 0 Å². The van der Waals surface area contributed by atoms with Crippen LogP contribution >= 0.6 is 0 Å². The van der Waals surface area contributed by atoms with Crippen LogP contribution in [0.2, 0.25) is 0 Å². The van der Waals surface area contributed by atoms with Gasteiger partial charge in [-0.2, -0.15) is 5.06 Å². The SMILES string of the molecule is COc1c(CN2O[C@@H](CO)[C@@H]([C@H](C)O)[C@H]2C(=O)N[C@H]2C[C@@H]3C[C@H]([C@@H]2C)C3(C)C)cccc1-c1cc(C(=O)N[C@H](CN(C)C)[C@H](O)c2ccccc2)cc(N(C)C)c1. The topological polar surface area (TPSA) is 147 Å². The molecule has 4 fully saturated rings. The molecule has 1 heterocycles. The summed E-state index contributed by atoms with van der Waals surface area (Å²) in [5, 5.41) is 40.7. The molecule has 3 aliphatic carbocycles. The van der Waals surface area contributed by atoms with E-state index in [0.717, 1.165) is 28.8 Å². The van der Waals surface area contributed by atoms with Crippen molar-refractivity contribution in [3.63, 3.8) is 0 Å². The number of hydrogen-bond acceptors (Lipinski definition) is 10. The Morgan fingerprint density at radius 1 is 1.02 bits per heavy atom. The maximum Gasteiger partial charge on any atom is 0.251 e. The van der Waals surface area contributed by atoms with E-state index >= 15 is 0 Å². The number of hydrogen-bond donors (Lipinski definition) is 5. The standard InChI is InChI=1S/C45H63N5O7/c1-26-35-21-32(45(35,3)4)22-36(26)46-44(55)40-39(27(2)52)38(25-51)57-50(40)23-29-16-13-17-34(42(29)56-9)30-18-31(20-33(19-30)49(7)8)43(54)47-37(24-48(5)6)41(53)28-14-11-10-12-15-28/h10-20,26-27,32,35-41,51-53H,21-25H2,1-9H3,(H,46,55)(H,47,54)/t26-,27-,32-,35+,36-,37+,38-,39+,40-,41+/m0/s1. The highest BCUT2D eigenvalue weighted by molar-refractivity contribution is 5.97. The third kappa shape index (κ3) is 8.72. The largest absolute Gasteiger partial charge is 0.496 e. The maximum absolute atomic E-state index is 14.3. The Kier molecular flexibility index (Phi) is 13.0. The van der Waals surface area contributed by atoms with E-state index in [1.165, 1.54) is 6.42 Å². The first-order valence-electron chi connectivity index (χ1n) is 20.3. The van der Waals surface area contributed by atoms with Crippen LogP contribution in [0.5, 0.6) is 5.75 Å². The van der Waals surface area contributed by atoms with Crippen molar-refractivity contribution in [2.45, 2.75) is 83.5 Å². The average molecular weight is 786 g/mol. The van der Waals surface area contributed by atoms with Gasteiger partial charge >= 0.3 is 0 Å². The lowest BCUT2D eigenvalue weighted by molar-refractivity contribution is -0.183. The fraction of sp³-hybridized carbons (Fsp3) is 0.556. The summed E-state index contributed by atoms with van der Waals surface area (Å²) in [4.78, 5) is 38.5. The second-order valence-corrected chi connectivity index (χ2v) is 17.6. The number of nitrogens with one attached hydrogen (secondary N) is 2. The van der Waals surface area contributed by atoms with Crippen LogP contribution in [-0.4, -0.2) is 116 Å². The van der Waals surface area contributed by atoms with E-state index in [1.54, 1.807) is 19.1 Å². The van der Waals surface area contributed by atoms with Crippen LogP contribution in [0.1, 0.15) is 68.1 Å². The molecular formula is C45H63N5O7. The van der Waals surface area contributed by atoms with E-state index < -0.39 is 36.3 Å². The molecule has 0 radical (unpaired) electrons. The fourth-order valence-electron chi connectivity index (χ4n) is 9.74. The van der Waals surface area contributed by atoms with Crippen LogP contribution in [0, 0.1) is 29.1 Å². The second-order valence-electron chi connectivity index (χ2n) is 17.6. The summed E-state index contributed by atoms with van der Waals surface area (Å²) < 4.78 is 6.09. The summed E-state index contributed by atoms with van der Waals surface area (Å²) in [6, 6.07) is 19.2. The van der Waals surface area contributed by atoms with Gasteiger partial charge in [0.25, 0.3) is 5.91 Å². The van der Waals surface area contributed by atoms with Gasteiger partial charge in [0.05, 0.1) is 32.4 Å². The van der Waals surface area contributed by atoms with E-state index in [9.17, 15) is 24.9 Å². The number of anilines is 1. The number of carbonyl (C=O) groups is 2. The number of ether oxygens (including phenoxy) is 1. The van der Waals surface area contributed by atoms with Crippen LogP contribution < -0.4 is 20.3 Å². The maximum atomic E-state index is 14.3. The zero-order valence-electron chi connectivity index (χ0n) is 35.0. The molecule has 5 N–H and O–H groups in total. The highest BCUT2D eigenvalue weighted by Crippen LogP contribution is 2.61. The predicted molar refractivity (Wildman–Crippen MR) is 222 cm³/mol. The van der Waals surface area contributed by atoms with Gasteiger partial charge in [-0.15, -0.1) is 0 Å². The number of aliphatic hydroxyl groups excluding tert-OH is 3. The molecule has 1 aliphatic heterocycles. The Bertz CT molecular complexity index is 1870. The minimum atomic E-state index is -0.924. The molecular weight excluding hydrogens is 723 g/mol. The van der Waals surface area contributed by atoms with Gasteiger partial charge in [-0.3, -0.25) is 14.4 Å². The quantitative estimate of drug-likeness (QED) is 0.150. The Hall–Kier alpha value is -4.04. The number of amides is 2. The monoisotopic (exact) mass is 785 g/mol. The zero-order valence-corrected chi connectivity index (χ0v) is 35.0. The van der Waals surface area contributed by atoms with Crippen molar-refractivity contribution >= 4 is 17.5 Å². The molecule has 2 amide bonds. The number of rotatable bonds is 15. The van der Waals surface area contributed by atoms with Crippen LogP contribution in [0.25, 0.3) is 11.1 Å². The molecule has 2 bridgehead atoms. The molecule has 12 nitrogen and oxygen atoms in total. The Labute approximate surface area is 338 Å². The number of carbonyl (C=O) groups excluding carboxylic acids is 2. The molecule has 0 aromatic heterocycles. The number of hydroxylamine groups is 2. The molecule has 3 aromatic carbocycles. The van der Waals surface area contributed by atoms with Crippen LogP contribution in [-0.2, 0) is 16.2 Å².